The normalized spacial score (nSPS) is 19.1. The number of benzene rings is 1. The fourth-order valence-corrected chi connectivity index (χ4v) is 3.77. The monoisotopic (exact) mass is 416 g/mol. The van der Waals surface area contributed by atoms with E-state index in [2.05, 4.69) is 15.2 Å². The molecule has 2 atom stereocenters. The Morgan fingerprint density at radius 3 is 2.62 bits per heavy atom. The maximum absolute atomic E-state index is 12.5. The molecule has 1 aliphatic rings. The Kier molecular flexibility index (Phi) is 6.71. The predicted octanol–water partition coefficient (Wildman–Crippen LogP) is 3.26. The number of morpholine rings is 1. The maximum atomic E-state index is 12.5. The molecule has 1 aromatic carbocycles. The van der Waals surface area contributed by atoms with Crippen LogP contribution in [0, 0.1) is 10.1 Å². The van der Waals surface area contributed by atoms with E-state index in [1.807, 2.05) is 32.2 Å². The largest absolute Gasteiger partial charge is 0.372 e. The molecule has 2 unspecified atom stereocenters. The van der Waals surface area contributed by atoms with Gasteiger partial charge in [-0.2, -0.15) is 0 Å². The Morgan fingerprint density at radius 1 is 1.31 bits per heavy atom. The summed E-state index contributed by atoms with van der Waals surface area (Å²) in [5, 5.41) is 14.0. The summed E-state index contributed by atoms with van der Waals surface area (Å²) >= 11 is 1.42. The van der Waals surface area contributed by atoms with Gasteiger partial charge < -0.3 is 15.0 Å². The minimum absolute atomic E-state index is 0.0581. The fraction of sp³-hybridized carbons (Fsp3) is 0.400. The van der Waals surface area contributed by atoms with E-state index in [4.69, 9.17) is 4.74 Å². The number of carbonyl (C=O) groups is 1. The van der Waals surface area contributed by atoms with Crippen LogP contribution < -0.4 is 10.2 Å². The van der Waals surface area contributed by atoms with Crippen molar-refractivity contribution < 1.29 is 14.5 Å². The number of thioether (sulfide) groups is 1. The van der Waals surface area contributed by atoms with Crippen LogP contribution in [0.4, 0.5) is 11.5 Å². The highest BCUT2D eigenvalue weighted by atomic mass is 32.2. The molecule has 0 saturated carbocycles. The lowest BCUT2D eigenvalue weighted by atomic mass is 10.1. The molecule has 154 valence electrons. The molecule has 2 aromatic rings. The number of amides is 1. The second-order valence-corrected chi connectivity index (χ2v) is 7.89. The first-order valence-electron chi connectivity index (χ1n) is 9.33. The van der Waals surface area contributed by atoms with Crippen LogP contribution in [0.1, 0.15) is 29.8 Å². The van der Waals surface area contributed by atoms with Crippen LogP contribution in [0.2, 0.25) is 0 Å². The number of rotatable bonds is 6. The van der Waals surface area contributed by atoms with Crippen molar-refractivity contribution in [1.82, 2.24) is 10.3 Å². The van der Waals surface area contributed by atoms with E-state index in [1.54, 1.807) is 18.3 Å². The topological polar surface area (TPSA) is 97.6 Å². The van der Waals surface area contributed by atoms with Gasteiger partial charge in [0.25, 0.3) is 11.6 Å². The molecule has 1 amide bonds. The smallest absolute Gasteiger partial charge is 0.282 e. The van der Waals surface area contributed by atoms with Gasteiger partial charge in [0.05, 0.1) is 17.1 Å². The average Bonchev–Trinajstić information content (AvgIpc) is 2.71. The lowest BCUT2D eigenvalue weighted by molar-refractivity contribution is -0.385. The summed E-state index contributed by atoms with van der Waals surface area (Å²) in [7, 11) is 0. The van der Waals surface area contributed by atoms with Crippen LogP contribution >= 0.6 is 11.8 Å². The number of hydrogen-bond donors (Lipinski definition) is 1. The molecule has 8 nitrogen and oxygen atoms in total. The maximum Gasteiger partial charge on any atom is 0.282 e. The minimum Gasteiger partial charge on any atom is -0.372 e. The van der Waals surface area contributed by atoms with Gasteiger partial charge in [0.15, 0.2) is 0 Å². The number of hydrogen-bond acceptors (Lipinski definition) is 7. The van der Waals surface area contributed by atoms with E-state index in [9.17, 15) is 14.9 Å². The molecule has 1 N–H and O–H groups in total. The summed E-state index contributed by atoms with van der Waals surface area (Å²) in [5.74, 6) is 0.387. The standard InChI is InChI=1S/C20H24N4O4S/c1-13-11-23(12-14(2)28-13)19-7-4-15(9-21-19)10-22-20(25)17-8-16(29-3)5-6-18(17)24(26)27/h4-9,13-14H,10-12H2,1-3H3,(H,22,25). The number of nitrogens with one attached hydrogen (secondary N) is 1. The van der Waals surface area contributed by atoms with Gasteiger partial charge in [0.1, 0.15) is 11.4 Å². The van der Waals surface area contributed by atoms with Crippen molar-refractivity contribution in [2.45, 2.75) is 37.5 Å². The molecule has 1 saturated heterocycles. The number of aromatic nitrogens is 1. The number of nitro groups is 1. The molecule has 1 fully saturated rings. The summed E-state index contributed by atoms with van der Waals surface area (Å²) in [5.41, 5.74) is 0.673. The van der Waals surface area contributed by atoms with Crippen molar-refractivity contribution in [2.75, 3.05) is 24.2 Å². The number of nitrogens with zero attached hydrogens (tertiary/aromatic N) is 3. The first-order chi connectivity index (χ1) is 13.9. The first-order valence-corrected chi connectivity index (χ1v) is 10.6. The van der Waals surface area contributed by atoms with Crippen molar-refractivity contribution in [3.8, 4) is 0 Å². The van der Waals surface area contributed by atoms with E-state index in [1.165, 1.54) is 17.8 Å². The summed E-state index contributed by atoms with van der Waals surface area (Å²) in [6.45, 7) is 5.88. The first kappa shape index (κ1) is 21.1. The number of anilines is 1. The van der Waals surface area contributed by atoms with E-state index < -0.39 is 10.8 Å². The molecule has 0 aliphatic carbocycles. The zero-order valence-electron chi connectivity index (χ0n) is 16.6. The Labute approximate surface area is 173 Å². The van der Waals surface area contributed by atoms with Gasteiger partial charge >= 0.3 is 0 Å². The molecule has 3 rings (SSSR count). The third-order valence-corrected chi connectivity index (χ3v) is 5.38. The number of ether oxygens (including phenoxy) is 1. The Morgan fingerprint density at radius 2 is 2.03 bits per heavy atom. The van der Waals surface area contributed by atoms with E-state index in [0.29, 0.717) is 0 Å². The summed E-state index contributed by atoms with van der Waals surface area (Å²) in [4.78, 5) is 30.7. The van der Waals surface area contributed by atoms with Crippen LogP contribution in [0.3, 0.4) is 0 Å². The second kappa shape index (κ2) is 9.23. The highest BCUT2D eigenvalue weighted by Gasteiger charge is 2.23. The molecule has 0 radical (unpaired) electrons. The molecule has 1 aromatic heterocycles. The van der Waals surface area contributed by atoms with E-state index >= 15 is 0 Å². The highest BCUT2D eigenvalue weighted by molar-refractivity contribution is 7.98. The lowest BCUT2D eigenvalue weighted by Crippen LogP contribution is -2.45. The van der Waals surface area contributed by atoms with Gasteiger partial charge in [-0.05, 0) is 43.9 Å². The molecule has 1 aliphatic heterocycles. The summed E-state index contributed by atoms with van der Waals surface area (Å²) in [6, 6.07) is 8.36. The lowest BCUT2D eigenvalue weighted by Gasteiger charge is -2.36. The van der Waals surface area contributed by atoms with Crippen molar-refractivity contribution in [3.05, 3.63) is 57.8 Å². The SMILES string of the molecule is CSc1ccc([N+](=O)[O-])c(C(=O)NCc2ccc(N3CC(C)OC(C)C3)nc2)c1. The van der Waals surface area contributed by atoms with Gasteiger partial charge in [-0.25, -0.2) is 4.98 Å². The van der Waals surface area contributed by atoms with Crippen LogP contribution in [0.25, 0.3) is 0 Å². The number of carbonyl (C=O) groups excluding carboxylic acids is 1. The van der Waals surface area contributed by atoms with Gasteiger partial charge in [-0.3, -0.25) is 14.9 Å². The molecule has 0 spiro atoms. The predicted molar refractivity (Wildman–Crippen MR) is 113 cm³/mol. The number of pyridine rings is 1. The molecular formula is C20H24N4O4S. The Bertz CT molecular complexity index is 881. The molecule has 29 heavy (non-hydrogen) atoms. The van der Waals surface area contributed by atoms with Gasteiger partial charge in [0.2, 0.25) is 0 Å². The molecule has 0 bridgehead atoms. The third kappa shape index (κ3) is 5.24. The van der Waals surface area contributed by atoms with Crippen molar-refractivity contribution >= 4 is 29.2 Å². The third-order valence-electron chi connectivity index (χ3n) is 4.65. The van der Waals surface area contributed by atoms with Crippen LogP contribution in [0.15, 0.2) is 41.4 Å². The van der Waals surface area contributed by atoms with Crippen LogP contribution in [0.5, 0.6) is 0 Å². The molecule has 2 heterocycles. The minimum atomic E-state index is -0.542. The van der Waals surface area contributed by atoms with Crippen molar-refractivity contribution in [2.24, 2.45) is 0 Å². The van der Waals surface area contributed by atoms with Crippen molar-refractivity contribution in [3.63, 3.8) is 0 Å². The van der Waals surface area contributed by atoms with E-state index in [-0.39, 0.29) is 30.0 Å². The average molecular weight is 417 g/mol. The summed E-state index contributed by atoms with van der Waals surface area (Å²) < 4.78 is 5.75. The highest BCUT2D eigenvalue weighted by Crippen LogP contribution is 2.25. The van der Waals surface area contributed by atoms with Crippen molar-refractivity contribution in [1.29, 1.82) is 0 Å². The van der Waals surface area contributed by atoms with Gasteiger partial charge in [-0.15, -0.1) is 11.8 Å². The zero-order chi connectivity index (χ0) is 21.0. The van der Waals surface area contributed by atoms with Crippen LogP contribution in [-0.4, -0.2) is 47.4 Å². The van der Waals surface area contributed by atoms with Gasteiger partial charge in [0, 0.05) is 36.8 Å². The fourth-order valence-electron chi connectivity index (χ4n) is 3.33. The number of nitro benzene ring substituents is 1. The Balaban J connectivity index is 1.66. The summed E-state index contributed by atoms with van der Waals surface area (Å²) in [6.07, 6.45) is 3.86. The van der Waals surface area contributed by atoms with Gasteiger partial charge in [-0.1, -0.05) is 6.07 Å². The van der Waals surface area contributed by atoms with E-state index in [0.717, 1.165) is 29.4 Å². The Hall–Kier alpha value is -2.65. The molecule has 9 heteroatoms. The quantitative estimate of drug-likeness (QED) is 0.438. The zero-order valence-corrected chi connectivity index (χ0v) is 17.4. The second-order valence-electron chi connectivity index (χ2n) is 7.01. The molecular weight excluding hydrogens is 392 g/mol. The van der Waals surface area contributed by atoms with Crippen LogP contribution in [-0.2, 0) is 11.3 Å².